The lowest BCUT2D eigenvalue weighted by Crippen LogP contribution is -2.39. The lowest BCUT2D eigenvalue weighted by molar-refractivity contribution is 0.122. The van der Waals surface area contributed by atoms with Crippen molar-refractivity contribution >= 4 is 0 Å². The zero-order valence-electron chi connectivity index (χ0n) is 15.7. The van der Waals surface area contributed by atoms with Gasteiger partial charge in [0.15, 0.2) is 0 Å². The molecule has 0 heterocycles. The smallest absolute Gasteiger partial charge is 0.115 e. The average Bonchev–Trinajstić information content (AvgIpc) is 2.57. The Bertz CT molecular complexity index is 469. The van der Waals surface area contributed by atoms with Crippen molar-refractivity contribution in [2.24, 2.45) is 11.8 Å². The summed E-state index contributed by atoms with van der Waals surface area (Å²) in [7, 11) is 1.89. The van der Waals surface area contributed by atoms with Crippen molar-refractivity contribution in [3.05, 3.63) is 42.0 Å². The normalized spacial score (nSPS) is 16.9. The van der Waals surface area contributed by atoms with Crippen LogP contribution in [-0.2, 0) is 6.42 Å². The van der Waals surface area contributed by atoms with Gasteiger partial charge in [-0.2, -0.15) is 0 Å². The zero-order valence-corrected chi connectivity index (χ0v) is 15.7. The molecule has 0 amide bonds. The van der Waals surface area contributed by atoms with E-state index >= 15 is 0 Å². The van der Waals surface area contributed by atoms with Gasteiger partial charge in [-0.05, 0) is 62.3 Å². The number of aliphatic hydroxyl groups excluding tert-OH is 1. The molecule has 1 aromatic carbocycles. The van der Waals surface area contributed by atoms with Gasteiger partial charge in [0.05, 0.1) is 6.10 Å². The van der Waals surface area contributed by atoms with Crippen LogP contribution in [0.2, 0.25) is 0 Å². The summed E-state index contributed by atoms with van der Waals surface area (Å²) in [6, 6.07) is 7.22. The largest absolute Gasteiger partial charge is 0.508 e. The predicted molar refractivity (Wildman–Crippen MR) is 102 cm³/mol. The topological polar surface area (TPSA) is 52.5 Å². The Morgan fingerprint density at radius 3 is 2.42 bits per heavy atom. The summed E-state index contributed by atoms with van der Waals surface area (Å²) >= 11 is 0. The van der Waals surface area contributed by atoms with E-state index in [2.05, 4.69) is 38.2 Å². The molecule has 0 bridgehead atoms. The number of hydrogen-bond donors (Lipinski definition) is 3. The fraction of sp³-hybridized carbons (Fsp3) is 0.619. The van der Waals surface area contributed by atoms with Crippen LogP contribution in [0.5, 0.6) is 5.75 Å². The van der Waals surface area contributed by atoms with Gasteiger partial charge in [-0.25, -0.2) is 0 Å². The predicted octanol–water partition coefficient (Wildman–Crippen LogP) is 4.29. The lowest BCUT2D eigenvalue weighted by atomic mass is 9.94. The highest BCUT2D eigenvalue weighted by atomic mass is 16.3. The first-order valence-electron chi connectivity index (χ1n) is 9.26. The standard InChI is InChI=1S/C21H35NO2/c1-5-16(2)14-17(3)8-6-7-9-21(24)20(22-4)15-18-10-12-19(23)13-11-18/h6,8,10-13,16-17,20-24H,5,7,9,14-15H2,1-4H3/b8-6+/t16-,17-,20+,21-/m0/s1. The highest BCUT2D eigenvalue weighted by molar-refractivity contribution is 5.26. The Morgan fingerprint density at radius 1 is 1.17 bits per heavy atom. The number of allylic oxidation sites excluding steroid dienone is 2. The van der Waals surface area contributed by atoms with Crippen molar-refractivity contribution in [3.63, 3.8) is 0 Å². The summed E-state index contributed by atoms with van der Waals surface area (Å²) in [5.74, 6) is 1.65. The molecule has 3 heteroatoms. The van der Waals surface area contributed by atoms with E-state index in [1.54, 1.807) is 12.1 Å². The van der Waals surface area contributed by atoms with Gasteiger partial charge in [-0.3, -0.25) is 0 Å². The van der Waals surface area contributed by atoms with Crippen molar-refractivity contribution in [2.45, 2.75) is 65.0 Å². The minimum absolute atomic E-state index is 0.0282. The summed E-state index contributed by atoms with van der Waals surface area (Å²) in [5.41, 5.74) is 1.11. The first kappa shape index (κ1) is 20.7. The third kappa shape index (κ3) is 7.98. The summed E-state index contributed by atoms with van der Waals surface area (Å²) in [4.78, 5) is 0. The molecule has 0 unspecified atom stereocenters. The van der Waals surface area contributed by atoms with Crippen LogP contribution in [0, 0.1) is 11.8 Å². The van der Waals surface area contributed by atoms with Crippen LogP contribution in [0.3, 0.4) is 0 Å². The number of aliphatic hydroxyl groups is 1. The van der Waals surface area contributed by atoms with E-state index in [1.165, 1.54) is 12.8 Å². The second-order valence-electron chi connectivity index (χ2n) is 7.06. The molecule has 0 aliphatic carbocycles. The van der Waals surface area contributed by atoms with Crippen LogP contribution in [0.25, 0.3) is 0 Å². The average molecular weight is 334 g/mol. The molecule has 1 rings (SSSR count). The number of benzene rings is 1. The maximum atomic E-state index is 10.4. The van der Waals surface area contributed by atoms with E-state index in [0.717, 1.165) is 30.7 Å². The first-order chi connectivity index (χ1) is 11.5. The number of rotatable bonds is 11. The Balaban J connectivity index is 2.38. The molecule has 1 aromatic rings. The van der Waals surface area contributed by atoms with Crippen LogP contribution in [0.4, 0.5) is 0 Å². The Labute approximate surface area is 147 Å². The minimum atomic E-state index is -0.377. The SMILES string of the molecule is CC[C@H](C)C[C@@H](C)/C=C/CC[C@H](O)[C@@H](Cc1ccc(O)cc1)NC. The van der Waals surface area contributed by atoms with Crippen LogP contribution < -0.4 is 5.32 Å². The molecule has 0 aliphatic rings. The molecule has 0 saturated carbocycles. The summed E-state index contributed by atoms with van der Waals surface area (Å²) in [5, 5.41) is 23.0. The Morgan fingerprint density at radius 2 is 1.83 bits per heavy atom. The van der Waals surface area contributed by atoms with Gasteiger partial charge in [0, 0.05) is 6.04 Å². The molecule has 3 N–H and O–H groups in total. The van der Waals surface area contributed by atoms with Gasteiger partial charge in [0.1, 0.15) is 5.75 Å². The second kappa shape index (κ2) is 11.3. The summed E-state index contributed by atoms with van der Waals surface area (Å²) in [6.45, 7) is 6.80. The molecular weight excluding hydrogens is 298 g/mol. The number of hydrogen-bond acceptors (Lipinski definition) is 3. The van der Waals surface area contributed by atoms with E-state index in [-0.39, 0.29) is 17.9 Å². The van der Waals surface area contributed by atoms with Gasteiger partial charge in [0.25, 0.3) is 0 Å². The quantitative estimate of drug-likeness (QED) is 0.529. The Kier molecular flexibility index (Phi) is 9.73. The molecule has 0 fully saturated rings. The highest BCUT2D eigenvalue weighted by Crippen LogP contribution is 2.17. The molecule has 0 aliphatic heterocycles. The van der Waals surface area contributed by atoms with Crippen LogP contribution in [-0.4, -0.2) is 29.4 Å². The molecule has 136 valence electrons. The maximum absolute atomic E-state index is 10.4. The van der Waals surface area contributed by atoms with Gasteiger partial charge in [0.2, 0.25) is 0 Å². The number of phenolic OH excluding ortho intramolecular Hbond substituents is 1. The van der Waals surface area contributed by atoms with Crippen molar-refractivity contribution in [1.82, 2.24) is 5.32 Å². The molecule has 0 saturated heterocycles. The molecule has 4 atom stereocenters. The highest BCUT2D eigenvalue weighted by Gasteiger charge is 2.17. The zero-order chi connectivity index (χ0) is 17.9. The van der Waals surface area contributed by atoms with Gasteiger partial charge in [-0.1, -0.05) is 51.5 Å². The molecule has 0 aromatic heterocycles. The van der Waals surface area contributed by atoms with E-state index in [9.17, 15) is 10.2 Å². The van der Waals surface area contributed by atoms with E-state index in [4.69, 9.17) is 0 Å². The maximum Gasteiger partial charge on any atom is 0.115 e. The van der Waals surface area contributed by atoms with E-state index in [0.29, 0.717) is 5.92 Å². The Hall–Kier alpha value is -1.32. The fourth-order valence-electron chi connectivity index (χ4n) is 2.99. The number of likely N-dealkylation sites (N-methyl/N-ethyl adjacent to an activating group) is 1. The van der Waals surface area contributed by atoms with Crippen LogP contribution >= 0.6 is 0 Å². The van der Waals surface area contributed by atoms with Crippen molar-refractivity contribution in [2.75, 3.05) is 7.05 Å². The molecule has 0 radical (unpaired) electrons. The third-order valence-corrected chi connectivity index (χ3v) is 4.79. The lowest BCUT2D eigenvalue weighted by Gasteiger charge is -2.22. The van der Waals surface area contributed by atoms with Crippen LogP contribution in [0.15, 0.2) is 36.4 Å². The van der Waals surface area contributed by atoms with E-state index in [1.807, 2.05) is 19.2 Å². The number of phenols is 1. The van der Waals surface area contributed by atoms with E-state index < -0.39 is 0 Å². The van der Waals surface area contributed by atoms with Gasteiger partial charge >= 0.3 is 0 Å². The summed E-state index contributed by atoms with van der Waals surface area (Å²) < 4.78 is 0. The fourth-order valence-corrected chi connectivity index (χ4v) is 2.99. The summed E-state index contributed by atoms with van der Waals surface area (Å²) in [6.07, 6.45) is 9.00. The minimum Gasteiger partial charge on any atom is -0.508 e. The molecule has 0 spiro atoms. The van der Waals surface area contributed by atoms with Crippen molar-refractivity contribution < 1.29 is 10.2 Å². The number of aromatic hydroxyl groups is 1. The third-order valence-electron chi connectivity index (χ3n) is 4.79. The van der Waals surface area contributed by atoms with Gasteiger partial charge < -0.3 is 15.5 Å². The number of nitrogens with one attached hydrogen (secondary N) is 1. The first-order valence-corrected chi connectivity index (χ1v) is 9.26. The second-order valence-corrected chi connectivity index (χ2v) is 7.06. The molecular formula is C21H35NO2. The monoisotopic (exact) mass is 333 g/mol. The van der Waals surface area contributed by atoms with Crippen LogP contribution in [0.1, 0.15) is 52.0 Å². The molecule has 3 nitrogen and oxygen atoms in total. The van der Waals surface area contributed by atoms with Crippen molar-refractivity contribution in [1.29, 1.82) is 0 Å². The van der Waals surface area contributed by atoms with Gasteiger partial charge in [-0.15, -0.1) is 0 Å². The molecule has 24 heavy (non-hydrogen) atoms. The van der Waals surface area contributed by atoms with Crippen molar-refractivity contribution in [3.8, 4) is 5.75 Å².